The van der Waals surface area contributed by atoms with Gasteiger partial charge in [0.2, 0.25) is 6.79 Å². The number of nitrogens with one attached hydrogen (secondary N) is 2. The van der Waals surface area contributed by atoms with E-state index < -0.39 is 10.8 Å². The van der Waals surface area contributed by atoms with Gasteiger partial charge in [-0.3, -0.25) is 9.20 Å². The van der Waals surface area contributed by atoms with Crippen molar-refractivity contribution in [2.75, 3.05) is 26.1 Å². The molecule has 27 heavy (non-hydrogen) atoms. The number of aliphatic imine (C=N–C) groups is 1. The van der Waals surface area contributed by atoms with E-state index in [1.807, 2.05) is 48.5 Å². The van der Waals surface area contributed by atoms with Crippen LogP contribution in [-0.2, 0) is 23.1 Å². The second-order valence-electron chi connectivity index (χ2n) is 5.81. The molecule has 0 fully saturated rings. The largest absolute Gasteiger partial charge is 0.454 e. The van der Waals surface area contributed by atoms with E-state index in [1.165, 1.54) is 0 Å². The average Bonchev–Trinajstić information content (AvgIpc) is 3.13. The fourth-order valence-electron chi connectivity index (χ4n) is 2.57. The third-order valence-corrected chi connectivity index (χ3v) is 5.23. The first kappa shape index (κ1) is 21.5. The standard InChI is InChI=1S/C19H23N3O3S.HI/c1-20-19(21-9-10-26(23)13-15-5-3-2-4-6-15)22-12-16-7-8-17-18(11-16)25-14-24-17;/h2-8,11H,9-10,12-14H2,1H3,(H2,20,21,22);1H. The number of rotatable bonds is 7. The van der Waals surface area contributed by atoms with Crippen LogP contribution in [0.5, 0.6) is 11.5 Å². The van der Waals surface area contributed by atoms with Crippen LogP contribution in [0.15, 0.2) is 53.5 Å². The van der Waals surface area contributed by atoms with Crippen molar-refractivity contribution in [3.05, 3.63) is 59.7 Å². The lowest BCUT2D eigenvalue weighted by atomic mass is 10.2. The van der Waals surface area contributed by atoms with Gasteiger partial charge in [-0.25, -0.2) is 0 Å². The molecule has 2 aromatic rings. The van der Waals surface area contributed by atoms with Crippen molar-refractivity contribution in [2.45, 2.75) is 12.3 Å². The fraction of sp³-hybridized carbons (Fsp3) is 0.316. The number of hydrogen-bond donors (Lipinski definition) is 2. The minimum absolute atomic E-state index is 0. The molecule has 0 saturated carbocycles. The third kappa shape index (κ3) is 6.69. The van der Waals surface area contributed by atoms with Crippen LogP contribution in [-0.4, -0.2) is 36.3 Å². The molecule has 0 spiro atoms. The molecular formula is C19H24IN3O3S. The highest BCUT2D eigenvalue weighted by molar-refractivity contribution is 14.0. The van der Waals surface area contributed by atoms with E-state index in [4.69, 9.17) is 9.47 Å². The van der Waals surface area contributed by atoms with E-state index in [-0.39, 0.29) is 30.8 Å². The van der Waals surface area contributed by atoms with Crippen LogP contribution in [0.25, 0.3) is 0 Å². The van der Waals surface area contributed by atoms with E-state index >= 15 is 0 Å². The van der Waals surface area contributed by atoms with E-state index in [2.05, 4.69) is 15.6 Å². The normalized spacial score (nSPS) is 13.6. The maximum atomic E-state index is 12.2. The predicted octanol–water partition coefficient (Wildman–Crippen LogP) is 2.65. The Bertz CT molecular complexity index is 787. The highest BCUT2D eigenvalue weighted by Gasteiger charge is 2.13. The van der Waals surface area contributed by atoms with Gasteiger partial charge in [0.05, 0.1) is 0 Å². The Morgan fingerprint density at radius 2 is 1.85 bits per heavy atom. The number of nitrogens with zero attached hydrogens (tertiary/aromatic N) is 1. The SMILES string of the molecule is CN=C(NCCS(=O)Cc1ccccc1)NCc1ccc2c(c1)OCO2.I. The Kier molecular flexibility index (Phi) is 8.86. The molecule has 2 aromatic carbocycles. The first-order valence-electron chi connectivity index (χ1n) is 8.46. The van der Waals surface area contributed by atoms with Crippen molar-refractivity contribution in [2.24, 2.45) is 4.99 Å². The Balaban J connectivity index is 0.00000261. The molecule has 2 N–H and O–H groups in total. The lowest BCUT2D eigenvalue weighted by molar-refractivity contribution is 0.174. The number of ether oxygens (including phenoxy) is 2. The zero-order chi connectivity index (χ0) is 18.2. The number of fused-ring (bicyclic) bond motifs is 1. The molecule has 8 heteroatoms. The minimum Gasteiger partial charge on any atom is -0.454 e. The van der Waals surface area contributed by atoms with Gasteiger partial charge in [0.25, 0.3) is 0 Å². The van der Waals surface area contributed by atoms with Gasteiger partial charge in [0, 0.05) is 42.4 Å². The lowest BCUT2D eigenvalue weighted by Gasteiger charge is -2.12. The molecule has 0 aliphatic carbocycles. The van der Waals surface area contributed by atoms with Gasteiger partial charge < -0.3 is 20.1 Å². The maximum absolute atomic E-state index is 12.2. The monoisotopic (exact) mass is 501 g/mol. The molecule has 1 aliphatic heterocycles. The Hall–Kier alpha value is -1.81. The zero-order valence-electron chi connectivity index (χ0n) is 15.1. The second-order valence-corrected chi connectivity index (χ2v) is 7.39. The summed E-state index contributed by atoms with van der Waals surface area (Å²) in [7, 11) is 0.813. The van der Waals surface area contributed by atoms with Crippen LogP contribution in [0, 0.1) is 0 Å². The van der Waals surface area contributed by atoms with Crippen LogP contribution in [0.3, 0.4) is 0 Å². The first-order valence-corrected chi connectivity index (χ1v) is 9.95. The third-order valence-electron chi connectivity index (χ3n) is 3.91. The lowest BCUT2D eigenvalue weighted by Crippen LogP contribution is -2.38. The Morgan fingerprint density at radius 1 is 1.07 bits per heavy atom. The van der Waals surface area contributed by atoms with Crippen LogP contribution in [0.1, 0.15) is 11.1 Å². The zero-order valence-corrected chi connectivity index (χ0v) is 18.3. The number of guanidine groups is 1. The van der Waals surface area contributed by atoms with Crippen LogP contribution >= 0.6 is 24.0 Å². The van der Waals surface area contributed by atoms with Gasteiger partial charge in [-0.15, -0.1) is 24.0 Å². The van der Waals surface area contributed by atoms with Gasteiger partial charge in [-0.2, -0.15) is 0 Å². The molecule has 6 nitrogen and oxygen atoms in total. The first-order chi connectivity index (χ1) is 12.7. The van der Waals surface area contributed by atoms with Crippen molar-refractivity contribution < 1.29 is 13.7 Å². The summed E-state index contributed by atoms with van der Waals surface area (Å²) in [4.78, 5) is 4.20. The molecule has 0 bridgehead atoms. The van der Waals surface area contributed by atoms with Gasteiger partial charge >= 0.3 is 0 Å². The quantitative estimate of drug-likeness (QED) is 0.347. The molecule has 0 amide bonds. The molecule has 1 unspecified atom stereocenters. The molecule has 0 aromatic heterocycles. The van der Waals surface area contributed by atoms with Crippen molar-refractivity contribution in [3.8, 4) is 11.5 Å². The fourth-order valence-corrected chi connectivity index (χ4v) is 3.61. The number of hydrogen-bond acceptors (Lipinski definition) is 4. The summed E-state index contributed by atoms with van der Waals surface area (Å²) >= 11 is 0. The summed E-state index contributed by atoms with van der Waals surface area (Å²) in [6.07, 6.45) is 0. The molecule has 1 aliphatic rings. The van der Waals surface area contributed by atoms with Gasteiger partial charge in [0.1, 0.15) is 0 Å². The Morgan fingerprint density at radius 3 is 2.63 bits per heavy atom. The highest BCUT2D eigenvalue weighted by atomic mass is 127. The summed E-state index contributed by atoms with van der Waals surface area (Å²) in [6.45, 7) is 1.49. The van der Waals surface area contributed by atoms with Gasteiger partial charge in [-0.05, 0) is 23.3 Å². The summed E-state index contributed by atoms with van der Waals surface area (Å²) in [5.41, 5.74) is 2.17. The van der Waals surface area contributed by atoms with Gasteiger partial charge in [-0.1, -0.05) is 36.4 Å². The van der Waals surface area contributed by atoms with Crippen molar-refractivity contribution in [1.29, 1.82) is 0 Å². The summed E-state index contributed by atoms with van der Waals surface area (Å²) in [6, 6.07) is 15.7. The van der Waals surface area contributed by atoms with Crippen molar-refractivity contribution >= 4 is 40.7 Å². The summed E-state index contributed by atoms with van der Waals surface area (Å²) < 4.78 is 22.8. The van der Waals surface area contributed by atoms with Gasteiger partial charge in [0.15, 0.2) is 17.5 Å². The molecule has 1 heterocycles. The number of halogens is 1. The van der Waals surface area contributed by atoms with Crippen LogP contribution in [0.4, 0.5) is 0 Å². The van der Waals surface area contributed by atoms with E-state index in [0.717, 1.165) is 22.6 Å². The molecule has 1 atom stereocenters. The molecule has 146 valence electrons. The molecular weight excluding hydrogens is 477 g/mol. The molecule has 0 saturated heterocycles. The van der Waals surface area contributed by atoms with Crippen molar-refractivity contribution in [1.82, 2.24) is 10.6 Å². The van der Waals surface area contributed by atoms with Crippen LogP contribution < -0.4 is 20.1 Å². The highest BCUT2D eigenvalue weighted by Crippen LogP contribution is 2.32. The average molecular weight is 501 g/mol. The van der Waals surface area contributed by atoms with E-state index in [1.54, 1.807) is 7.05 Å². The smallest absolute Gasteiger partial charge is 0.231 e. The Labute approximate surface area is 179 Å². The molecule has 0 radical (unpaired) electrons. The minimum atomic E-state index is -0.905. The van der Waals surface area contributed by atoms with Crippen LogP contribution in [0.2, 0.25) is 0 Å². The van der Waals surface area contributed by atoms with E-state index in [0.29, 0.717) is 30.6 Å². The summed E-state index contributed by atoms with van der Waals surface area (Å²) in [5, 5.41) is 6.44. The maximum Gasteiger partial charge on any atom is 0.231 e. The van der Waals surface area contributed by atoms with E-state index in [9.17, 15) is 4.21 Å². The topological polar surface area (TPSA) is 72.0 Å². The second kappa shape index (κ2) is 11.1. The number of benzene rings is 2. The summed E-state index contributed by atoms with van der Waals surface area (Å²) in [5.74, 6) is 3.37. The predicted molar refractivity (Wildman–Crippen MR) is 119 cm³/mol. The van der Waals surface area contributed by atoms with Crippen molar-refractivity contribution in [3.63, 3.8) is 0 Å². The molecule has 3 rings (SSSR count).